The minimum absolute atomic E-state index is 0.117. The molecule has 1 heteroatoms. The summed E-state index contributed by atoms with van der Waals surface area (Å²) in [4.78, 5) is 11.6. The van der Waals surface area contributed by atoms with Crippen LogP contribution < -0.4 is 0 Å². The molecule has 1 fully saturated rings. The van der Waals surface area contributed by atoms with Gasteiger partial charge in [-0.2, -0.15) is 0 Å². The monoisotopic (exact) mass is 406 g/mol. The average molecular weight is 407 g/mol. The van der Waals surface area contributed by atoms with Gasteiger partial charge in [0, 0.05) is 5.56 Å². The van der Waals surface area contributed by atoms with Crippen LogP contribution in [-0.4, -0.2) is 5.78 Å². The predicted octanol–water partition coefficient (Wildman–Crippen LogP) is 9.47. The normalized spacial score (nSPS) is 17.6. The maximum Gasteiger partial charge on any atom is 0.160 e. The summed E-state index contributed by atoms with van der Waals surface area (Å²) in [6, 6.07) is 18.3. The number of carbonyl (C=O) groups excluding carboxylic acids is 1. The lowest BCUT2D eigenvalue weighted by Gasteiger charge is -2.24. The zero-order valence-corrected chi connectivity index (χ0v) is 20.3. The first-order valence-corrected chi connectivity index (χ1v) is 12.0. The Labute approximate surface area is 184 Å². The van der Waals surface area contributed by atoms with Gasteiger partial charge in [0.2, 0.25) is 0 Å². The molecule has 1 saturated carbocycles. The van der Waals surface area contributed by atoms with Crippen molar-refractivity contribution in [1.29, 1.82) is 0 Å². The van der Waals surface area contributed by atoms with Gasteiger partial charge in [-0.15, -0.1) is 0 Å². The summed E-state index contributed by atoms with van der Waals surface area (Å²) in [5, 5.41) is 4.55. The molecule has 0 bridgehead atoms. The van der Waals surface area contributed by atoms with E-state index in [4.69, 9.17) is 0 Å². The van der Waals surface area contributed by atoms with E-state index in [0.29, 0.717) is 0 Å². The van der Waals surface area contributed by atoms with Crippen molar-refractivity contribution in [3.05, 3.63) is 60.2 Å². The van der Waals surface area contributed by atoms with E-state index in [1.807, 2.05) is 58.0 Å². The van der Waals surface area contributed by atoms with Crippen LogP contribution in [0.4, 0.5) is 0 Å². The largest absolute Gasteiger partial charge is 0.294 e. The van der Waals surface area contributed by atoms with Crippen molar-refractivity contribution in [2.24, 2.45) is 11.8 Å². The summed E-state index contributed by atoms with van der Waals surface area (Å²) in [5.41, 5.74) is 0.799. The number of ketones is 1. The van der Waals surface area contributed by atoms with Crippen LogP contribution in [0.15, 0.2) is 54.6 Å². The number of hydrogen-bond donors (Lipinski definition) is 0. The molecule has 3 aromatic carbocycles. The molecule has 0 unspecified atom stereocenters. The van der Waals surface area contributed by atoms with E-state index in [1.165, 1.54) is 42.9 Å². The van der Waals surface area contributed by atoms with Gasteiger partial charge in [-0.25, -0.2) is 0 Å². The number of rotatable bonds is 2. The second-order valence-corrected chi connectivity index (χ2v) is 7.82. The van der Waals surface area contributed by atoms with Crippen molar-refractivity contribution in [2.45, 2.75) is 80.6 Å². The first-order valence-electron chi connectivity index (χ1n) is 12.0. The second kappa shape index (κ2) is 14.0. The summed E-state index contributed by atoms with van der Waals surface area (Å²) < 4.78 is 0. The molecule has 0 N–H and O–H groups in total. The third-order valence-corrected chi connectivity index (χ3v) is 5.84. The summed E-state index contributed by atoms with van der Waals surface area (Å²) in [6.45, 7) is 14.3. The zero-order chi connectivity index (χ0) is 22.5. The quantitative estimate of drug-likeness (QED) is 0.306. The Morgan fingerprint density at radius 2 is 1.33 bits per heavy atom. The van der Waals surface area contributed by atoms with E-state index >= 15 is 0 Å². The van der Waals surface area contributed by atoms with E-state index in [9.17, 15) is 4.79 Å². The van der Waals surface area contributed by atoms with Crippen LogP contribution >= 0.6 is 0 Å². The fourth-order valence-corrected chi connectivity index (χ4v) is 4.01. The van der Waals surface area contributed by atoms with Crippen molar-refractivity contribution in [1.82, 2.24) is 0 Å². The summed E-state index contributed by atoms with van der Waals surface area (Å²) >= 11 is 0. The second-order valence-electron chi connectivity index (χ2n) is 7.82. The van der Waals surface area contributed by atoms with Crippen molar-refractivity contribution < 1.29 is 4.79 Å². The van der Waals surface area contributed by atoms with Crippen molar-refractivity contribution in [3.63, 3.8) is 0 Å². The standard InChI is InChI=1S/C16H12O.C9H18.2C2H6/c1-11(17)15-8-4-7-14-9-12-5-2-3-6-13(12)10-16(14)15;1-3-9-6-4-8(2)5-7-9;2*1-2/h2-10H,1H3;8-9H,3-7H2,1-2H3;2*1-2H3. The highest BCUT2D eigenvalue weighted by atomic mass is 16.1. The molecule has 0 atom stereocenters. The lowest BCUT2D eigenvalue weighted by atomic mass is 9.82. The zero-order valence-electron chi connectivity index (χ0n) is 20.3. The van der Waals surface area contributed by atoms with Crippen LogP contribution in [-0.2, 0) is 0 Å². The Morgan fingerprint density at radius 3 is 1.87 bits per heavy atom. The van der Waals surface area contributed by atoms with Gasteiger partial charge >= 0.3 is 0 Å². The average Bonchev–Trinajstić information content (AvgIpc) is 2.81. The van der Waals surface area contributed by atoms with E-state index in [2.05, 4.69) is 38.1 Å². The Kier molecular flexibility index (Phi) is 12.0. The maximum absolute atomic E-state index is 11.6. The highest BCUT2D eigenvalue weighted by Gasteiger charge is 2.15. The number of hydrogen-bond acceptors (Lipinski definition) is 1. The first-order chi connectivity index (χ1) is 14.6. The van der Waals surface area contributed by atoms with E-state index in [1.54, 1.807) is 6.92 Å². The third kappa shape index (κ3) is 7.27. The van der Waals surface area contributed by atoms with Gasteiger partial charge in [-0.05, 0) is 52.4 Å². The Bertz CT molecular complexity index is 885. The first kappa shape index (κ1) is 25.9. The van der Waals surface area contributed by atoms with Gasteiger partial charge in [0.1, 0.15) is 0 Å². The Balaban J connectivity index is 0.000000294. The van der Waals surface area contributed by atoms with Gasteiger partial charge in [0.25, 0.3) is 0 Å². The van der Waals surface area contributed by atoms with Gasteiger partial charge < -0.3 is 0 Å². The smallest absolute Gasteiger partial charge is 0.160 e. The number of fused-ring (bicyclic) bond motifs is 2. The van der Waals surface area contributed by atoms with Gasteiger partial charge in [-0.1, -0.05) is 116 Å². The van der Waals surface area contributed by atoms with Crippen molar-refractivity contribution in [2.75, 3.05) is 0 Å². The molecule has 0 saturated heterocycles. The van der Waals surface area contributed by atoms with E-state index in [0.717, 1.165) is 28.2 Å². The van der Waals surface area contributed by atoms with Crippen LogP contribution in [0.3, 0.4) is 0 Å². The minimum Gasteiger partial charge on any atom is -0.294 e. The summed E-state index contributed by atoms with van der Waals surface area (Å²) in [5.74, 6) is 2.21. The number of benzene rings is 3. The summed E-state index contributed by atoms with van der Waals surface area (Å²) in [7, 11) is 0. The summed E-state index contributed by atoms with van der Waals surface area (Å²) in [6.07, 6.45) is 7.37. The van der Waals surface area contributed by atoms with Crippen LogP contribution in [0.1, 0.15) is 90.9 Å². The van der Waals surface area contributed by atoms with Gasteiger partial charge in [-0.3, -0.25) is 4.79 Å². The van der Waals surface area contributed by atoms with Crippen molar-refractivity contribution in [3.8, 4) is 0 Å². The van der Waals surface area contributed by atoms with Crippen LogP contribution in [0, 0.1) is 11.8 Å². The fraction of sp³-hybridized carbons (Fsp3) is 0.483. The maximum atomic E-state index is 11.6. The molecule has 0 radical (unpaired) electrons. The predicted molar refractivity (Wildman–Crippen MR) is 136 cm³/mol. The topological polar surface area (TPSA) is 17.1 Å². The molecular formula is C29H42O. The molecule has 0 spiro atoms. The molecule has 164 valence electrons. The lowest BCUT2D eigenvalue weighted by molar-refractivity contribution is 0.101. The molecule has 0 amide bonds. The molecule has 0 aliphatic heterocycles. The SMILES string of the molecule is CC.CC.CC(=O)c1cccc2cc3ccccc3cc12.CCC1CCC(C)CC1. The molecule has 1 nitrogen and oxygen atoms in total. The number of carbonyl (C=O) groups is 1. The molecular weight excluding hydrogens is 364 g/mol. The molecule has 30 heavy (non-hydrogen) atoms. The Hall–Kier alpha value is -2.15. The minimum atomic E-state index is 0.117. The molecule has 3 aromatic rings. The molecule has 1 aliphatic carbocycles. The lowest BCUT2D eigenvalue weighted by Crippen LogP contribution is -2.10. The molecule has 0 heterocycles. The molecule has 1 aliphatic rings. The van der Waals surface area contributed by atoms with Crippen LogP contribution in [0.2, 0.25) is 0 Å². The Morgan fingerprint density at radius 1 is 0.800 bits per heavy atom. The van der Waals surface area contributed by atoms with Gasteiger partial charge in [0.05, 0.1) is 0 Å². The van der Waals surface area contributed by atoms with Crippen molar-refractivity contribution >= 4 is 27.3 Å². The highest BCUT2D eigenvalue weighted by molar-refractivity contribution is 6.10. The highest BCUT2D eigenvalue weighted by Crippen LogP contribution is 2.29. The molecule has 4 rings (SSSR count). The number of Topliss-reactive ketones (excluding diaryl/α,β-unsaturated/α-hetero) is 1. The van der Waals surface area contributed by atoms with E-state index in [-0.39, 0.29) is 5.78 Å². The van der Waals surface area contributed by atoms with E-state index < -0.39 is 0 Å². The van der Waals surface area contributed by atoms with Crippen LogP contribution in [0.25, 0.3) is 21.5 Å². The van der Waals surface area contributed by atoms with Gasteiger partial charge in [0.15, 0.2) is 5.78 Å². The molecule has 0 aromatic heterocycles. The fourth-order valence-electron chi connectivity index (χ4n) is 4.01. The van der Waals surface area contributed by atoms with Crippen LogP contribution in [0.5, 0.6) is 0 Å². The third-order valence-electron chi connectivity index (χ3n) is 5.84.